The highest BCUT2D eigenvalue weighted by Gasteiger charge is 2.47. The molecule has 0 atom stereocenters. The minimum absolute atomic E-state index is 0.229. The number of hydrogen-bond acceptors (Lipinski definition) is 6. The maximum Gasteiger partial charge on any atom is 0.331 e. The molecule has 0 bridgehead atoms. The first-order valence-corrected chi connectivity index (χ1v) is 6.77. The van der Waals surface area contributed by atoms with Gasteiger partial charge in [-0.05, 0) is 31.2 Å². The number of rotatable bonds is 2. The van der Waals surface area contributed by atoms with Crippen LogP contribution >= 0.6 is 0 Å². The van der Waals surface area contributed by atoms with Crippen molar-refractivity contribution < 1.29 is 28.3 Å². The van der Waals surface area contributed by atoms with Crippen molar-refractivity contribution in [3.63, 3.8) is 0 Å². The number of cyclic esters (lactones) is 2. The Balaban J connectivity index is 1.95. The number of hydrogen-bond donors (Lipinski definition) is 0. The Hall–Kier alpha value is -2.63. The number of aryl methyl sites for hydroxylation is 1. The summed E-state index contributed by atoms with van der Waals surface area (Å²) in [6, 6.07) is 6.48. The minimum Gasteiger partial charge on any atom is -0.461 e. The van der Waals surface area contributed by atoms with Gasteiger partial charge in [-0.1, -0.05) is 0 Å². The fourth-order valence-electron chi connectivity index (χ4n) is 2.43. The summed E-state index contributed by atoms with van der Waals surface area (Å²) < 4.78 is 15.4. The molecule has 1 saturated heterocycles. The van der Waals surface area contributed by atoms with Gasteiger partial charge >= 0.3 is 11.9 Å². The van der Waals surface area contributed by atoms with Gasteiger partial charge in [0.2, 0.25) is 5.92 Å². The maximum absolute atomic E-state index is 12.4. The predicted octanol–water partition coefficient (Wildman–Crippen LogP) is 2.38. The lowest BCUT2D eigenvalue weighted by Gasteiger charge is -2.32. The molecule has 1 aliphatic rings. The summed E-state index contributed by atoms with van der Waals surface area (Å²) in [6.07, 6.45) is 0. The van der Waals surface area contributed by atoms with Gasteiger partial charge in [-0.15, -0.1) is 0 Å². The second-order valence-electron chi connectivity index (χ2n) is 5.65. The van der Waals surface area contributed by atoms with Gasteiger partial charge < -0.3 is 13.9 Å². The van der Waals surface area contributed by atoms with Crippen LogP contribution in [0.5, 0.6) is 0 Å². The van der Waals surface area contributed by atoms with Crippen molar-refractivity contribution in [1.82, 2.24) is 0 Å². The third kappa shape index (κ3) is 2.36. The number of furan rings is 1. The number of fused-ring (bicyclic) bond motifs is 1. The molecule has 3 rings (SSSR count). The second-order valence-corrected chi connectivity index (χ2v) is 5.65. The summed E-state index contributed by atoms with van der Waals surface area (Å²) in [4.78, 5) is 36.3. The fourth-order valence-corrected chi connectivity index (χ4v) is 2.43. The highest BCUT2D eigenvalue weighted by molar-refractivity contribution is 6.21. The van der Waals surface area contributed by atoms with Crippen LogP contribution in [0, 0.1) is 12.8 Å². The van der Waals surface area contributed by atoms with Crippen LogP contribution in [0.1, 0.15) is 30.0 Å². The van der Waals surface area contributed by atoms with E-state index in [4.69, 9.17) is 13.9 Å². The molecule has 2 heterocycles. The molecule has 0 saturated carbocycles. The van der Waals surface area contributed by atoms with Crippen molar-refractivity contribution >= 4 is 28.7 Å². The third-order valence-electron chi connectivity index (χ3n) is 3.35. The van der Waals surface area contributed by atoms with Crippen molar-refractivity contribution in [3.05, 3.63) is 35.6 Å². The highest BCUT2D eigenvalue weighted by atomic mass is 16.7. The quantitative estimate of drug-likeness (QED) is 0.481. The average molecular weight is 302 g/mol. The second kappa shape index (κ2) is 4.69. The van der Waals surface area contributed by atoms with Crippen LogP contribution in [0.15, 0.2) is 28.7 Å². The van der Waals surface area contributed by atoms with Crippen LogP contribution < -0.4 is 0 Å². The predicted molar refractivity (Wildman–Crippen MR) is 75.0 cm³/mol. The Morgan fingerprint density at radius 2 is 1.73 bits per heavy atom. The minimum atomic E-state index is -1.58. The molecule has 114 valence electrons. The van der Waals surface area contributed by atoms with Crippen LogP contribution in [-0.4, -0.2) is 23.5 Å². The largest absolute Gasteiger partial charge is 0.461 e. The van der Waals surface area contributed by atoms with Crippen LogP contribution in [0.3, 0.4) is 0 Å². The molecular weight excluding hydrogens is 288 g/mol. The fraction of sp³-hybridized carbons (Fsp3) is 0.312. The molecule has 0 aliphatic carbocycles. The first kappa shape index (κ1) is 14.3. The summed E-state index contributed by atoms with van der Waals surface area (Å²) in [6.45, 7) is 4.66. The number of benzene rings is 1. The van der Waals surface area contributed by atoms with Crippen LogP contribution in [-0.2, 0) is 19.1 Å². The summed E-state index contributed by atoms with van der Waals surface area (Å²) in [5.74, 6) is -4.66. The molecule has 0 amide bonds. The van der Waals surface area contributed by atoms with Gasteiger partial charge in [0.05, 0.1) is 0 Å². The molecule has 0 N–H and O–H groups in total. The van der Waals surface area contributed by atoms with E-state index in [0.717, 1.165) is 5.39 Å². The van der Waals surface area contributed by atoms with E-state index in [1.54, 1.807) is 25.1 Å². The number of ether oxygens (including phenoxy) is 2. The summed E-state index contributed by atoms with van der Waals surface area (Å²) in [7, 11) is 0. The Bertz CT molecular complexity index is 778. The lowest BCUT2D eigenvalue weighted by atomic mass is 9.96. The van der Waals surface area contributed by atoms with Gasteiger partial charge in [0, 0.05) is 24.8 Å². The van der Waals surface area contributed by atoms with Crippen molar-refractivity contribution in [3.8, 4) is 0 Å². The van der Waals surface area contributed by atoms with E-state index in [1.807, 2.05) is 0 Å². The maximum atomic E-state index is 12.4. The Morgan fingerprint density at radius 3 is 2.36 bits per heavy atom. The highest BCUT2D eigenvalue weighted by Crippen LogP contribution is 2.27. The number of carbonyl (C=O) groups excluding carboxylic acids is 3. The zero-order valence-corrected chi connectivity index (χ0v) is 12.3. The molecule has 2 aromatic rings. The summed E-state index contributed by atoms with van der Waals surface area (Å²) in [5, 5.41) is 0.723. The zero-order valence-electron chi connectivity index (χ0n) is 12.3. The Labute approximate surface area is 126 Å². The lowest BCUT2D eigenvalue weighted by Crippen LogP contribution is -2.49. The van der Waals surface area contributed by atoms with Crippen LogP contribution in [0.4, 0.5) is 0 Å². The van der Waals surface area contributed by atoms with E-state index >= 15 is 0 Å². The van der Waals surface area contributed by atoms with E-state index in [-0.39, 0.29) is 5.56 Å². The molecule has 22 heavy (non-hydrogen) atoms. The zero-order chi connectivity index (χ0) is 16.1. The van der Waals surface area contributed by atoms with E-state index in [9.17, 15) is 14.4 Å². The van der Waals surface area contributed by atoms with Gasteiger partial charge in [-0.25, -0.2) is 0 Å². The monoisotopic (exact) mass is 302 g/mol. The number of Topliss-reactive ketones (excluding diaryl/α,β-unsaturated/α-hetero) is 1. The number of ketones is 1. The number of carbonyl (C=O) groups is 3. The Kier molecular flexibility index (Phi) is 3.05. The molecule has 0 spiro atoms. The molecular formula is C16H14O6. The summed E-state index contributed by atoms with van der Waals surface area (Å²) in [5.41, 5.74) is 0.857. The molecule has 1 aliphatic heterocycles. The normalized spacial score (nSPS) is 18.1. The number of esters is 2. The first-order valence-electron chi connectivity index (χ1n) is 6.77. The van der Waals surface area contributed by atoms with Crippen LogP contribution in [0.25, 0.3) is 11.0 Å². The molecule has 1 aromatic carbocycles. The van der Waals surface area contributed by atoms with Crippen molar-refractivity contribution in [2.45, 2.75) is 26.6 Å². The molecule has 6 heteroatoms. The van der Waals surface area contributed by atoms with Crippen LogP contribution in [0.2, 0.25) is 0 Å². The molecule has 0 unspecified atom stereocenters. The smallest absolute Gasteiger partial charge is 0.331 e. The van der Waals surface area contributed by atoms with E-state index < -0.39 is 29.4 Å². The topological polar surface area (TPSA) is 82.8 Å². The SMILES string of the molecule is Cc1cc2cc(C(=O)C3C(=O)OC(C)(C)OC3=O)ccc2o1. The van der Waals surface area contributed by atoms with Crippen molar-refractivity contribution in [2.24, 2.45) is 5.92 Å². The van der Waals surface area contributed by atoms with Gasteiger partial charge in [-0.3, -0.25) is 14.4 Å². The third-order valence-corrected chi connectivity index (χ3v) is 3.35. The molecule has 1 fully saturated rings. The Morgan fingerprint density at radius 1 is 1.09 bits per heavy atom. The first-order chi connectivity index (χ1) is 10.3. The standard InChI is InChI=1S/C16H14O6/c1-8-6-10-7-9(4-5-11(10)20-8)13(17)12-14(18)21-16(2,3)22-15(12)19/h4-7,12H,1-3H3. The van der Waals surface area contributed by atoms with Crippen molar-refractivity contribution in [2.75, 3.05) is 0 Å². The van der Waals surface area contributed by atoms with Gasteiger partial charge in [0.25, 0.3) is 5.79 Å². The lowest BCUT2D eigenvalue weighted by molar-refractivity contribution is -0.236. The average Bonchev–Trinajstić information content (AvgIpc) is 2.74. The van der Waals surface area contributed by atoms with E-state index in [2.05, 4.69) is 0 Å². The molecule has 1 aromatic heterocycles. The molecule has 6 nitrogen and oxygen atoms in total. The van der Waals surface area contributed by atoms with E-state index in [1.165, 1.54) is 19.9 Å². The van der Waals surface area contributed by atoms with E-state index in [0.29, 0.717) is 11.3 Å². The van der Waals surface area contributed by atoms with Gasteiger partial charge in [0.15, 0.2) is 5.78 Å². The van der Waals surface area contributed by atoms with Gasteiger partial charge in [0.1, 0.15) is 11.3 Å². The molecule has 0 radical (unpaired) electrons. The van der Waals surface area contributed by atoms with Crippen molar-refractivity contribution in [1.29, 1.82) is 0 Å². The summed E-state index contributed by atoms with van der Waals surface area (Å²) >= 11 is 0. The van der Waals surface area contributed by atoms with Gasteiger partial charge in [-0.2, -0.15) is 0 Å².